The first-order valence-electron chi connectivity index (χ1n) is 8.33. The fraction of sp³-hybridized carbons (Fsp3) is 0.353. The van der Waals surface area contributed by atoms with E-state index in [-0.39, 0.29) is 12.0 Å². The number of H-pyrrole nitrogens is 1. The molecule has 0 bridgehead atoms. The molecule has 0 spiro atoms. The van der Waals surface area contributed by atoms with Crippen LogP contribution >= 0.6 is 0 Å². The molecule has 1 atom stereocenters. The van der Waals surface area contributed by atoms with Crippen LogP contribution in [0, 0.1) is 0 Å². The average Bonchev–Trinajstić information content (AvgIpc) is 3.15. The lowest BCUT2D eigenvalue weighted by atomic mass is 10.1. The van der Waals surface area contributed by atoms with Crippen molar-refractivity contribution in [1.29, 1.82) is 0 Å². The molecule has 26 heavy (non-hydrogen) atoms. The van der Waals surface area contributed by atoms with Gasteiger partial charge in [-0.25, -0.2) is 4.98 Å². The highest BCUT2D eigenvalue weighted by Gasteiger charge is 2.29. The SMILES string of the molecule is CN(C)c1nccnc1[C@H]1CN(C(=O)c2ccc3n[nH]nc3c2)CCO1. The van der Waals surface area contributed by atoms with Gasteiger partial charge in [0, 0.05) is 38.6 Å². The number of nitrogens with one attached hydrogen (secondary N) is 1. The van der Waals surface area contributed by atoms with Crippen molar-refractivity contribution < 1.29 is 9.53 Å². The summed E-state index contributed by atoms with van der Waals surface area (Å²) in [5.41, 5.74) is 2.72. The number of hydrogen-bond donors (Lipinski definition) is 1. The molecule has 1 saturated heterocycles. The minimum Gasteiger partial charge on any atom is -0.368 e. The van der Waals surface area contributed by atoms with E-state index in [1.807, 2.05) is 19.0 Å². The second-order valence-electron chi connectivity index (χ2n) is 6.30. The number of benzene rings is 1. The number of fused-ring (bicyclic) bond motifs is 1. The van der Waals surface area contributed by atoms with E-state index >= 15 is 0 Å². The number of rotatable bonds is 3. The summed E-state index contributed by atoms with van der Waals surface area (Å²) < 4.78 is 5.88. The van der Waals surface area contributed by atoms with Crippen LogP contribution in [0.3, 0.4) is 0 Å². The Morgan fingerprint density at radius 2 is 2.04 bits per heavy atom. The molecule has 0 aliphatic carbocycles. The fourth-order valence-corrected chi connectivity index (χ4v) is 3.07. The highest BCUT2D eigenvalue weighted by Crippen LogP contribution is 2.27. The van der Waals surface area contributed by atoms with Crippen molar-refractivity contribution in [2.24, 2.45) is 0 Å². The zero-order chi connectivity index (χ0) is 18.1. The predicted molar refractivity (Wildman–Crippen MR) is 94.8 cm³/mol. The number of aromatic amines is 1. The van der Waals surface area contributed by atoms with Gasteiger partial charge in [0.25, 0.3) is 5.91 Å². The minimum atomic E-state index is -0.311. The number of carbonyl (C=O) groups is 1. The van der Waals surface area contributed by atoms with E-state index in [1.54, 1.807) is 35.5 Å². The average molecular weight is 353 g/mol. The number of morpholine rings is 1. The van der Waals surface area contributed by atoms with Crippen molar-refractivity contribution in [3.63, 3.8) is 0 Å². The van der Waals surface area contributed by atoms with Gasteiger partial charge in [-0.05, 0) is 18.2 Å². The number of nitrogens with zero attached hydrogens (tertiary/aromatic N) is 6. The Labute approximate surface area is 150 Å². The Morgan fingerprint density at radius 1 is 1.23 bits per heavy atom. The van der Waals surface area contributed by atoms with Crippen LogP contribution in [0.5, 0.6) is 0 Å². The molecule has 1 N–H and O–H groups in total. The lowest BCUT2D eigenvalue weighted by Gasteiger charge is -2.33. The molecule has 3 heterocycles. The summed E-state index contributed by atoms with van der Waals surface area (Å²) in [4.78, 5) is 25.4. The topological polar surface area (TPSA) is 100 Å². The highest BCUT2D eigenvalue weighted by molar-refractivity contribution is 5.97. The first-order chi connectivity index (χ1) is 12.6. The lowest BCUT2D eigenvalue weighted by molar-refractivity contribution is -0.0246. The smallest absolute Gasteiger partial charge is 0.254 e. The maximum Gasteiger partial charge on any atom is 0.254 e. The summed E-state index contributed by atoms with van der Waals surface area (Å²) in [5.74, 6) is 0.689. The van der Waals surface area contributed by atoms with Crippen LogP contribution < -0.4 is 4.90 Å². The highest BCUT2D eigenvalue weighted by atomic mass is 16.5. The Hall–Kier alpha value is -3.07. The normalized spacial score (nSPS) is 17.5. The third-order valence-electron chi connectivity index (χ3n) is 4.35. The van der Waals surface area contributed by atoms with Gasteiger partial charge in [-0.3, -0.25) is 9.78 Å². The number of ether oxygens (including phenoxy) is 1. The molecule has 1 fully saturated rings. The quantitative estimate of drug-likeness (QED) is 0.750. The minimum absolute atomic E-state index is 0.0570. The summed E-state index contributed by atoms with van der Waals surface area (Å²) in [6.45, 7) is 1.41. The van der Waals surface area contributed by atoms with Crippen molar-refractivity contribution in [3.05, 3.63) is 41.9 Å². The predicted octanol–water partition coefficient (Wildman–Crippen LogP) is 1.03. The van der Waals surface area contributed by atoms with E-state index in [0.717, 1.165) is 17.0 Å². The van der Waals surface area contributed by atoms with E-state index in [4.69, 9.17) is 4.74 Å². The molecular formula is C17H19N7O2. The Bertz CT molecular complexity index is 940. The number of anilines is 1. The van der Waals surface area contributed by atoms with Crippen molar-refractivity contribution in [2.45, 2.75) is 6.10 Å². The van der Waals surface area contributed by atoms with E-state index in [9.17, 15) is 4.79 Å². The molecule has 1 aliphatic rings. The van der Waals surface area contributed by atoms with Crippen LogP contribution in [-0.4, -0.2) is 70.0 Å². The molecule has 4 rings (SSSR count). The number of hydrogen-bond acceptors (Lipinski definition) is 7. The zero-order valence-corrected chi connectivity index (χ0v) is 14.6. The molecule has 9 heteroatoms. The van der Waals surface area contributed by atoms with Gasteiger partial charge in [0.1, 0.15) is 22.8 Å². The Morgan fingerprint density at radius 3 is 2.88 bits per heavy atom. The first-order valence-corrected chi connectivity index (χ1v) is 8.33. The molecule has 9 nitrogen and oxygen atoms in total. The second-order valence-corrected chi connectivity index (χ2v) is 6.30. The summed E-state index contributed by atoms with van der Waals surface area (Å²) in [5, 5.41) is 10.6. The zero-order valence-electron chi connectivity index (χ0n) is 14.6. The van der Waals surface area contributed by atoms with Gasteiger partial charge in [-0.2, -0.15) is 15.4 Å². The van der Waals surface area contributed by atoms with Crippen molar-refractivity contribution >= 4 is 22.8 Å². The third kappa shape index (κ3) is 2.97. The summed E-state index contributed by atoms with van der Waals surface area (Å²) >= 11 is 0. The van der Waals surface area contributed by atoms with Gasteiger partial charge < -0.3 is 14.5 Å². The molecule has 3 aromatic rings. The number of amides is 1. The maximum absolute atomic E-state index is 12.9. The van der Waals surface area contributed by atoms with Crippen molar-refractivity contribution in [2.75, 3.05) is 38.7 Å². The van der Waals surface area contributed by atoms with Crippen LogP contribution in [-0.2, 0) is 4.74 Å². The van der Waals surface area contributed by atoms with Gasteiger partial charge >= 0.3 is 0 Å². The summed E-state index contributed by atoms with van der Waals surface area (Å²) in [6, 6.07) is 5.31. The van der Waals surface area contributed by atoms with Crippen LogP contribution in [0.15, 0.2) is 30.6 Å². The lowest BCUT2D eigenvalue weighted by Crippen LogP contribution is -2.42. The van der Waals surface area contributed by atoms with Gasteiger partial charge in [0.2, 0.25) is 0 Å². The maximum atomic E-state index is 12.9. The van der Waals surface area contributed by atoms with Crippen molar-refractivity contribution in [3.8, 4) is 0 Å². The standard InChI is InChI=1S/C17H19N7O2/c1-23(2)16-15(18-5-6-19-16)14-10-24(7-8-26-14)17(25)11-3-4-12-13(9-11)21-22-20-12/h3-6,9,14H,7-8,10H2,1-2H3,(H,20,21,22)/t14-/m1/s1. The van der Waals surface area contributed by atoms with Gasteiger partial charge in [-0.15, -0.1) is 0 Å². The monoisotopic (exact) mass is 353 g/mol. The van der Waals surface area contributed by atoms with E-state index in [1.165, 1.54) is 0 Å². The summed E-state index contributed by atoms with van der Waals surface area (Å²) in [6.07, 6.45) is 2.98. The Balaban J connectivity index is 1.57. The van der Waals surface area contributed by atoms with E-state index in [2.05, 4.69) is 25.4 Å². The third-order valence-corrected chi connectivity index (χ3v) is 4.35. The number of aromatic nitrogens is 5. The molecule has 134 valence electrons. The van der Waals surface area contributed by atoms with Gasteiger partial charge in [0.15, 0.2) is 5.82 Å². The molecule has 2 aromatic heterocycles. The molecule has 1 aromatic carbocycles. The number of carbonyl (C=O) groups excluding carboxylic acids is 1. The first kappa shape index (κ1) is 16.4. The van der Waals surface area contributed by atoms with E-state index < -0.39 is 0 Å². The van der Waals surface area contributed by atoms with Gasteiger partial charge in [0.05, 0.1) is 13.2 Å². The Kier molecular flexibility index (Phi) is 4.21. The molecule has 0 unspecified atom stereocenters. The van der Waals surface area contributed by atoms with Crippen LogP contribution in [0.1, 0.15) is 22.2 Å². The van der Waals surface area contributed by atoms with Crippen molar-refractivity contribution in [1.82, 2.24) is 30.3 Å². The van der Waals surface area contributed by atoms with E-state index in [0.29, 0.717) is 30.8 Å². The van der Waals surface area contributed by atoms with Crippen LogP contribution in [0.4, 0.5) is 5.82 Å². The largest absolute Gasteiger partial charge is 0.368 e. The molecular weight excluding hydrogens is 334 g/mol. The van der Waals surface area contributed by atoms with Crippen LogP contribution in [0.2, 0.25) is 0 Å². The molecule has 1 aliphatic heterocycles. The van der Waals surface area contributed by atoms with Crippen LogP contribution in [0.25, 0.3) is 11.0 Å². The molecule has 1 amide bonds. The van der Waals surface area contributed by atoms with Gasteiger partial charge in [-0.1, -0.05) is 0 Å². The molecule has 0 radical (unpaired) electrons. The second kappa shape index (κ2) is 6.68. The molecule has 0 saturated carbocycles. The summed E-state index contributed by atoms with van der Waals surface area (Å²) in [7, 11) is 3.82. The fourth-order valence-electron chi connectivity index (χ4n) is 3.07.